The highest BCUT2D eigenvalue weighted by atomic mass is 16.7. The standard InChI is InChI=1S/C17H20O3/c18-15(19-14-9-6-10-14)17-12-5-4-11-16(17,20-17)13-7-2-1-3-8-13/h1-3,7-8,14H,4-6,9-12H2. The Morgan fingerprint density at radius 2 is 1.85 bits per heavy atom. The number of ether oxygens (including phenoxy) is 2. The first-order valence-corrected chi connectivity index (χ1v) is 7.74. The zero-order chi connectivity index (χ0) is 13.6. The number of hydrogen-bond donors (Lipinski definition) is 0. The quantitative estimate of drug-likeness (QED) is 0.626. The molecule has 3 aliphatic rings. The number of esters is 1. The number of epoxide rings is 1. The van der Waals surface area contributed by atoms with Gasteiger partial charge in [-0.25, -0.2) is 4.79 Å². The fraction of sp³-hybridized carbons (Fsp3) is 0.588. The van der Waals surface area contributed by atoms with E-state index in [1.165, 1.54) is 6.42 Å². The predicted octanol–water partition coefficient (Wildman–Crippen LogP) is 3.32. The molecule has 1 saturated heterocycles. The molecule has 1 heterocycles. The van der Waals surface area contributed by atoms with Crippen LogP contribution in [0.15, 0.2) is 30.3 Å². The molecule has 2 saturated carbocycles. The summed E-state index contributed by atoms with van der Waals surface area (Å²) in [6.45, 7) is 0. The lowest BCUT2D eigenvalue weighted by Crippen LogP contribution is -2.40. The van der Waals surface area contributed by atoms with Gasteiger partial charge < -0.3 is 9.47 Å². The van der Waals surface area contributed by atoms with Gasteiger partial charge in [0.1, 0.15) is 11.7 Å². The molecule has 0 amide bonds. The summed E-state index contributed by atoms with van der Waals surface area (Å²) in [5.74, 6) is -0.120. The monoisotopic (exact) mass is 272 g/mol. The lowest BCUT2D eigenvalue weighted by molar-refractivity contribution is -0.160. The molecule has 3 nitrogen and oxygen atoms in total. The summed E-state index contributed by atoms with van der Waals surface area (Å²) in [4.78, 5) is 12.6. The molecule has 2 aliphatic carbocycles. The van der Waals surface area contributed by atoms with E-state index in [1.54, 1.807) is 0 Å². The van der Waals surface area contributed by atoms with Crippen LogP contribution in [0, 0.1) is 0 Å². The molecule has 2 atom stereocenters. The molecule has 1 aliphatic heterocycles. The molecule has 0 aromatic heterocycles. The Bertz CT molecular complexity index is 522. The van der Waals surface area contributed by atoms with Crippen LogP contribution in [0.25, 0.3) is 0 Å². The minimum absolute atomic E-state index is 0.120. The maximum Gasteiger partial charge on any atom is 0.342 e. The van der Waals surface area contributed by atoms with Gasteiger partial charge in [-0.3, -0.25) is 0 Å². The highest BCUT2D eigenvalue weighted by molar-refractivity contribution is 5.86. The second-order valence-corrected chi connectivity index (χ2v) is 6.29. The summed E-state index contributed by atoms with van der Waals surface area (Å²) in [5, 5.41) is 0. The van der Waals surface area contributed by atoms with Crippen molar-refractivity contribution < 1.29 is 14.3 Å². The number of fused-ring (bicyclic) bond motifs is 1. The Balaban J connectivity index is 1.61. The average molecular weight is 272 g/mol. The molecule has 0 spiro atoms. The third-order valence-electron chi connectivity index (χ3n) is 5.16. The Kier molecular flexibility index (Phi) is 2.68. The summed E-state index contributed by atoms with van der Waals surface area (Å²) in [5.41, 5.74) is 0.0282. The number of carbonyl (C=O) groups is 1. The number of rotatable bonds is 3. The van der Waals surface area contributed by atoms with E-state index >= 15 is 0 Å². The van der Waals surface area contributed by atoms with Crippen molar-refractivity contribution >= 4 is 5.97 Å². The fourth-order valence-electron chi connectivity index (χ4n) is 3.71. The van der Waals surface area contributed by atoms with Crippen LogP contribution < -0.4 is 0 Å². The molecule has 4 rings (SSSR count). The first kappa shape index (κ1) is 12.4. The number of carbonyl (C=O) groups excluding carboxylic acids is 1. The first-order chi connectivity index (χ1) is 9.77. The number of benzene rings is 1. The van der Waals surface area contributed by atoms with E-state index in [-0.39, 0.29) is 12.1 Å². The highest BCUT2D eigenvalue weighted by Gasteiger charge is 2.76. The maximum atomic E-state index is 12.6. The van der Waals surface area contributed by atoms with Crippen LogP contribution in [-0.2, 0) is 19.9 Å². The summed E-state index contributed by atoms with van der Waals surface area (Å²) < 4.78 is 11.7. The van der Waals surface area contributed by atoms with Crippen LogP contribution >= 0.6 is 0 Å². The van der Waals surface area contributed by atoms with E-state index in [4.69, 9.17) is 9.47 Å². The van der Waals surface area contributed by atoms with Gasteiger partial charge in [0.25, 0.3) is 0 Å². The molecule has 3 fully saturated rings. The highest BCUT2D eigenvalue weighted by Crippen LogP contribution is 2.64. The van der Waals surface area contributed by atoms with Crippen LogP contribution in [0.5, 0.6) is 0 Å². The topological polar surface area (TPSA) is 38.8 Å². The van der Waals surface area contributed by atoms with Crippen LogP contribution in [0.2, 0.25) is 0 Å². The van der Waals surface area contributed by atoms with Crippen molar-refractivity contribution in [2.75, 3.05) is 0 Å². The van der Waals surface area contributed by atoms with Crippen molar-refractivity contribution in [1.29, 1.82) is 0 Å². The van der Waals surface area contributed by atoms with E-state index in [2.05, 4.69) is 12.1 Å². The zero-order valence-corrected chi connectivity index (χ0v) is 11.6. The third-order valence-corrected chi connectivity index (χ3v) is 5.16. The largest absolute Gasteiger partial charge is 0.460 e. The van der Waals surface area contributed by atoms with Crippen molar-refractivity contribution in [3.63, 3.8) is 0 Å². The molecular weight excluding hydrogens is 252 g/mol. The average Bonchev–Trinajstić information content (AvgIpc) is 3.16. The van der Waals surface area contributed by atoms with Gasteiger partial charge in [0, 0.05) is 0 Å². The van der Waals surface area contributed by atoms with Crippen molar-refractivity contribution in [3.05, 3.63) is 35.9 Å². The second kappa shape index (κ2) is 4.32. The van der Waals surface area contributed by atoms with Crippen molar-refractivity contribution in [2.24, 2.45) is 0 Å². The Hall–Kier alpha value is -1.35. The van der Waals surface area contributed by atoms with Crippen LogP contribution in [0.1, 0.15) is 50.5 Å². The van der Waals surface area contributed by atoms with Gasteiger partial charge in [-0.15, -0.1) is 0 Å². The molecule has 106 valence electrons. The molecule has 0 bridgehead atoms. The van der Waals surface area contributed by atoms with E-state index < -0.39 is 11.2 Å². The lowest BCUT2D eigenvalue weighted by atomic mass is 9.75. The normalized spacial score (nSPS) is 35.8. The van der Waals surface area contributed by atoms with E-state index in [0.717, 1.165) is 44.1 Å². The van der Waals surface area contributed by atoms with Gasteiger partial charge in [0.15, 0.2) is 5.60 Å². The van der Waals surface area contributed by atoms with Gasteiger partial charge in [0.05, 0.1) is 0 Å². The zero-order valence-electron chi connectivity index (χ0n) is 11.6. The molecule has 3 heteroatoms. The molecule has 20 heavy (non-hydrogen) atoms. The summed E-state index contributed by atoms with van der Waals surface area (Å²) in [6.07, 6.45) is 7.23. The van der Waals surface area contributed by atoms with Crippen LogP contribution in [-0.4, -0.2) is 17.7 Å². The SMILES string of the molecule is O=C(OC1CCC1)C12CCCCC1(c1ccccc1)O2. The minimum atomic E-state index is -0.692. The number of hydrogen-bond acceptors (Lipinski definition) is 3. The van der Waals surface area contributed by atoms with Crippen LogP contribution in [0.4, 0.5) is 0 Å². The van der Waals surface area contributed by atoms with Crippen molar-refractivity contribution in [3.8, 4) is 0 Å². The summed E-state index contributed by atoms with van der Waals surface area (Å²) >= 11 is 0. The Morgan fingerprint density at radius 3 is 2.55 bits per heavy atom. The molecule has 1 aromatic rings. The van der Waals surface area contributed by atoms with Gasteiger partial charge in [-0.05, 0) is 50.5 Å². The van der Waals surface area contributed by atoms with Gasteiger partial charge in [-0.1, -0.05) is 30.3 Å². The van der Waals surface area contributed by atoms with Crippen molar-refractivity contribution in [1.82, 2.24) is 0 Å². The molecule has 0 radical (unpaired) electrons. The Morgan fingerprint density at radius 1 is 1.10 bits per heavy atom. The molecule has 2 unspecified atom stereocenters. The minimum Gasteiger partial charge on any atom is -0.460 e. The van der Waals surface area contributed by atoms with Gasteiger partial charge >= 0.3 is 5.97 Å². The van der Waals surface area contributed by atoms with E-state index in [9.17, 15) is 4.79 Å². The molecule has 0 N–H and O–H groups in total. The lowest BCUT2D eigenvalue weighted by Gasteiger charge is -2.29. The van der Waals surface area contributed by atoms with E-state index in [1.807, 2.05) is 18.2 Å². The fourth-order valence-corrected chi connectivity index (χ4v) is 3.71. The maximum absolute atomic E-state index is 12.6. The first-order valence-electron chi connectivity index (χ1n) is 7.74. The van der Waals surface area contributed by atoms with Crippen molar-refractivity contribution in [2.45, 2.75) is 62.3 Å². The van der Waals surface area contributed by atoms with Gasteiger partial charge in [-0.2, -0.15) is 0 Å². The summed E-state index contributed by atoms with van der Waals surface area (Å²) in [7, 11) is 0. The van der Waals surface area contributed by atoms with Crippen LogP contribution in [0.3, 0.4) is 0 Å². The van der Waals surface area contributed by atoms with E-state index in [0.29, 0.717) is 0 Å². The molecule has 1 aromatic carbocycles. The smallest absolute Gasteiger partial charge is 0.342 e. The second-order valence-electron chi connectivity index (χ2n) is 6.29. The predicted molar refractivity (Wildman–Crippen MR) is 74.1 cm³/mol. The van der Waals surface area contributed by atoms with Gasteiger partial charge in [0.2, 0.25) is 0 Å². The third kappa shape index (κ3) is 1.59. The molecular formula is C17H20O3. The Labute approximate surface area is 119 Å². The summed E-state index contributed by atoms with van der Waals surface area (Å²) in [6, 6.07) is 10.2.